The summed E-state index contributed by atoms with van der Waals surface area (Å²) in [6.45, 7) is 1.80. The molecule has 1 amide bonds. The molecule has 130 valence electrons. The topological polar surface area (TPSA) is 89.2 Å². The Morgan fingerprint density at radius 1 is 1.38 bits per heavy atom. The van der Waals surface area contributed by atoms with Gasteiger partial charge in [0.25, 0.3) is 5.91 Å². The van der Waals surface area contributed by atoms with Crippen LogP contribution in [0.15, 0.2) is 24.4 Å². The van der Waals surface area contributed by atoms with Crippen molar-refractivity contribution in [1.29, 1.82) is 0 Å². The number of nitrogens with one attached hydrogen (secondary N) is 1. The van der Waals surface area contributed by atoms with Gasteiger partial charge in [0.2, 0.25) is 10.0 Å². The molecule has 1 aliphatic rings. The van der Waals surface area contributed by atoms with E-state index < -0.39 is 10.0 Å². The molecule has 9 heteroatoms. The molecule has 2 aromatic heterocycles. The largest absolute Gasteiger partial charge is 0.347 e. The van der Waals surface area contributed by atoms with Gasteiger partial charge in [-0.25, -0.2) is 8.42 Å². The summed E-state index contributed by atoms with van der Waals surface area (Å²) in [4.78, 5) is 12.1. The Kier molecular flexibility index (Phi) is 4.46. The second kappa shape index (κ2) is 6.40. The smallest absolute Gasteiger partial charge is 0.268 e. The maximum Gasteiger partial charge on any atom is 0.268 e. The number of aromatic nitrogens is 3. The van der Waals surface area contributed by atoms with Gasteiger partial charge in [-0.05, 0) is 24.6 Å². The van der Waals surface area contributed by atoms with Gasteiger partial charge in [-0.15, -0.1) is 0 Å². The first kappa shape index (κ1) is 16.7. The van der Waals surface area contributed by atoms with E-state index in [1.165, 1.54) is 10.6 Å². The van der Waals surface area contributed by atoms with E-state index in [1.54, 1.807) is 10.6 Å². The lowest BCUT2D eigenvalue weighted by Crippen LogP contribution is -2.29. The van der Waals surface area contributed by atoms with Gasteiger partial charge in [-0.3, -0.25) is 9.48 Å². The molecule has 0 bridgehead atoms. The highest BCUT2D eigenvalue weighted by Crippen LogP contribution is 2.16. The second-order valence-corrected chi connectivity index (χ2v) is 7.97. The summed E-state index contributed by atoms with van der Waals surface area (Å²) in [5.74, 6) is -0.163. The monoisotopic (exact) mass is 351 g/mol. The molecule has 0 aromatic carbocycles. The maximum absolute atomic E-state index is 12.1. The Bertz CT molecular complexity index is 852. The van der Waals surface area contributed by atoms with Gasteiger partial charge >= 0.3 is 0 Å². The molecule has 1 aliphatic heterocycles. The zero-order valence-electron chi connectivity index (χ0n) is 13.8. The molecular formula is C15H21N5O3S. The van der Waals surface area contributed by atoms with Crippen LogP contribution in [0.25, 0.3) is 0 Å². The first-order valence-corrected chi connectivity index (χ1v) is 9.59. The van der Waals surface area contributed by atoms with E-state index in [1.807, 2.05) is 30.1 Å². The predicted octanol–water partition coefficient (Wildman–Crippen LogP) is 0.317. The fourth-order valence-electron chi connectivity index (χ4n) is 2.82. The lowest BCUT2D eigenvalue weighted by molar-refractivity contribution is 0.0942. The molecule has 0 fully saturated rings. The van der Waals surface area contributed by atoms with Gasteiger partial charge in [0.15, 0.2) is 0 Å². The molecular weight excluding hydrogens is 330 g/mol. The van der Waals surface area contributed by atoms with Crippen molar-refractivity contribution in [3.05, 3.63) is 41.5 Å². The summed E-state index contributed by atoms with van der Waals surface area (Å²) in [6.07, 6.45) is 3.75. The predicted molar refractivity (Wildman–Crippen MR) is 88.7 cm³/mol. The van der Waals surface area contributed by atoms with Crippen molar-refractivity contribution in [3.63, 3.8) is 0 Å². The van der Waals surface area contributed by atoms with E-state index in [0.717, 1.165) is 17.8 Å². The van der Waals surface area contributed by atoms with Crippen molar-refractivity contribution in [1.82, 2.24) is 24.0 Å². The highest BCUT2D eigenvalue weighted by atomic mass is 32.2. The Labute approximate surface area is 141 Å². The summed E-state index contributed by atoms with van der Waals surface area (Å²) in [6, 6.07) is 5.42. The number of rotatable bonds is 4. The average Bonchev–Trinajstić information content (AvgIpc) is 3.04. The summed E-state index contributed by atoms with van der Waals surface area (Å²) in [7, 11) is -1.41. The van der Waals surface area contributed by atoms with Crippen LogP contribution in [-0.4, -0.2) is 45.8 Å². The number of hydrogen-bond donors (Lipinski definition) is 1. The third-order valence-corrected chi connectivity index (χ3v) is 5.35. The average molecular weight is 351 g/mol. The number of carbonyl (C=O) groups is 1. The summed E-state index contributed by atoms with van der Waals surface area (Å²) in [5, 5.41) is 7.32. The van der Waals surface area contributed by atoms with Gasteiger partial charge in [0.1, 0.15) is 5.69 Å². The van der Waals surface area contributed by atoms with Crippen LogP contribution >= 0.6 is 0 Å². The van der Waals surface area contributed by atoms with Gasteiger partial charge in [-0.2, -0.15) is 9.40 Å². The van der Waals surface area contributed by atoms with E-state index in [4.69, 9.17) is 0 Å². The molecule has 0 spiro atoms. The van der Waals surface area contributed by atoms with E-state index in [-0.39, 0.29) is 5.91 Å². The Morgan fingerprint density at radius 3 is 2.83 bits per heavy atom. The number of amides is 1. The molecule has 0 radical (unpaired) electrons. The fourth-order valence-corrected chi connectivity index (χ4v) is 3.65. The molecule has 24 heavy (non-hydrogen) atoms. The molecule has 0 unspecified atom stereocenters. The normalized spacial score (nSPS) is 15.8. The zero-order valence-corrected chi connectivity index (χ0v) is 14.6. The highest BCUT2D eigenvalue weighted by molar-refractivity contribution is 7.88. The van der Waals surface area contributed by atoms with E-state index in [9.17, 15) is 13.2 Å². The molecule has 3 rings (SSSR count). The molecule has 0 saturated heterocycles. The maximum atomic E-state index is 12.1. The van der Waals surface area contributed by atoms with E-state index >= 15 is 0 Å². The number of hydrogen-bond acceptors (Lipinski definition) is 4. The fraction of sp³-hybridized carbons (Fsp3) is 0.467. The van der Waals surface area contributed by atoms with Crippen molar-refractivity contribution in [2.24, 2.45) is 7.05 Å². The van der Waals surface area contributed by atoms with Crippen LogP contribution in [0.3, 0.4) is 0 Å². The van der Waals surface area contributed by atoms with Gasteiger partial charge < -0.3 is 9.88 Å². The van der Waals surface area contributed by atoms with Crippen molar-refractivity contribution in [2.45, 2.75) is 26.1 Å². The van der Waals surface area contributed by atoms with E-state index in [2.05, 4.69) is 10.4 Å². The van der Waals surface area contributed by atoms with Crippen LogP contribution in [0.2, 0.25) is 0 Å². The molecule has 3 heterocycles. The number of aryl methyl sites for hydroxylation is 2. The summed E-state index contributed by atoms with van der Waals surface area (Å²) in [5.41, 5.74) is 2.16. The molecule has 0 aliphatic carbocycles. The summed E-state index contributed by atoms with van der Waals surface area (Å²) < 4.78 is 28.6. The van der Waals surface area contributed by atoms with Gasteiger partial charge in [-0.1, -0.05) is 0 Å². The van der Waals surface area contributed by atoms with Crippen molar-refractivity contribution < 1.29 is 13.2 Å². The Morgan fingerprint density at radius 2 is 2.17 bits per heavy atom. The Hall–Kier alpha value is -2.13. The standard InChI is InChI=1S/C15H21N5O3S/c1-18-6-3-5-14(18)15(21)16-10-12-9-13-11-19(24(2,22)23)7-4-8-20(13)17-12/h3,5-6,9H,4,7-8,10-11H2,1-2H3,(H,16,21). The number of carbonyl (C=O) groups excluding carboxylic acids is 1. The van der Waals surface area contributed by atoms with E-state index in [0.29, 0.717) is 31.9 Å². The Balaban J connectivity index is 1.69. The zero-order chi connectivity index (χ0) is 17.3. The van der Waals surface area contributed by atoms with Crippen LogP contribution < -0.4 is 5.32 Å². The highest BCUT2D eigenvalue weighted by Gasteiger charge is 2.22. The minimum atomic E-state index is -3.22. The van der Waals surface area contributed by atoms with Crippen LogP contribution in [-0.2, 0) is 36.7 Å². The first-order valence-electron chi connectivity index (χ1n) is 7.75. The number of sulfonamides is 1. The van der Waals surface area contributed by atoms with Crippen LogP contribution in [0.1, 0.15) is 28.3 Å². The minimum Gasteiger partial charge on any atom is -0.347 e. The molecule has 0 saturated carbocycles. The first-order chi connectivity index (χ1) is 11.3. The number of nitrogens with zero attached hydrogens (tertiary/aromatic N) is 4. The van der Waals surface area contributed by atoms with Crippen LogP contribution in [0.4, 0.5) is 0 Å². The van der Waals surface area contributed by atoms with Crippen molar-refractivity contribution in [3.8, 4) is 0 Å². The lowest BCUT2D eigenvalue weighted by atomic mass is 10.3. The van der Waals surface area contributed by atoms with Crippen molar-refractivity contribution >= 4 is 15.9 Å². The van der Waals surface area contributed by atoms with Crippen LogP contribution in [0.5, 0.6) is 0 Å². The van der Waals surface area contributed by atoms with Gasteiger partial charge in [0, 0.05) is 26.3 Å². The second-order valence-electron chi connectivity index (χ2n) is 5.99. The van der Waals surface area contributed by atoms with Gasteiger partial charge in [0.05, 0.1) is 30.7 Å². The SMILES string of the molecule is Cn1cccc1C(=O)NCc1cc2n(n1)CCCN(S(C)(=O)=O)C2. The molecule has 0 atom stereocenters. The third kappa shape index (κ3) is 3.51. The van der Waals surface area contributed by atoms with Crippen molar-refractivity contribution in [2.75, 3.05) is 12.8 Å². The molecule has 8 nitrogen and oxygen atoms in total. The quantitative estimate of drug-likeness (QED) is 0.859. The molecule has 1 N–H and O–H groups in total. The summed E-state index contributed by atoms with van der Waals surface area (Å²) >= 11 is 0. The van der Waals surface area contributed by atoms with Crippen LogP contribution in [0, 0.1) is 0 Å². The lowest BCUT2D eigenvalue weighted by Gasteiger charge is -2.16. The minimum absolute atomic E-state index is 0.163. The third-order valence-electron chi connectivity index (χ3n) is 4.11. The molecule has 2 aromatic rings. The number of fused-ring (bicyclic) bond motifs is 1.